The van der Waals surface area contributed by atoms with Gasteiger partial charge in [0.05, 0.1) is 17.1 Å². The second kappa shape index (κ2) is 21.4. The van der Waals surface area contributed by atoms with Crippen LogP contribution in [0, 0.1) is 31.3 Å². The van der Waals surface area contributed by atoms with Gasteiger partial charge in [-0.2, -0.15) is 17.6 Å². The zero-order chi connectivity index (χ0) is 62.8. The second-order valence-corrected chi connectivity index (χ2v) is 24.6. The molecule has 0 atom stereocenters. The van der Waals surface area contributed by atoms with Gasteiger partial charge < -0.3 is 5.32 Å². The molecule has 0 amide bonds. The van der Waals surface area contributed by atoms with E-state index in [4.69, 9.17) is 15.0 Å². The molecule has 8 heteroatoms. The molecule has 4 aliphatic rings. The highest BCUT2D eigenvalue weighted by Gasteiger charge is 2.44. The van der Waals surface area contributed by atoms with Crippen LogP contribution in [0.25, 0.3) is 82.4 Å². The van der Waals surface area contributed by atoms with E-state index < -0.39 is 11.8 Å². The quantitative estimate of drug-likeness (QED) is 0.172. The molecule has 0 aromatic heterocycles. The van der Waals surface area contributed by atoms with E-state index in [1.54, 1.807) is 36.4 Å². The fraction of sp³-hybridized carbons (Fsp3) is 0.0349. The van der Waals surface area contributed by atoms with Gasteiger partial charge in [0, 0.05) is 56.3 Å². The molecule has 4 nitrogen and oxygen atoms in total. The van der Waals surface area contributed by atoms with Gasteiger partial charge in [-0.15, -0.1) is 0 Å². The Morgan fingerprint density at radius 1 is 0.309 bits per heavy atom. The Morgan fingerprint density at radius 3 is 1.57 bits per heavy atom. The van der Waals surface area contributed by atoms with E-state index in [2.05, 4.69) is 90.3 Å². The second-order valence-electron chi connectivity index (χ2n) is 24.6. The molecule has 18 rings (SSSR count). The van der Waals surface area contributed by atoms with Crippen molar-refractivity contribution in [2.45, 2.75) is 18.3 Å². The van der Waals surface area contributed by atoms with Gasteiger partial charge in [-0.05, 0) is 150 Å². The van der Waals surface area contributed by atoms with E-state index >= 15 is 17.6 Å². The molecule has 444 valence electrons. The predicted molar refractivity (Wildman–Crippen MR) is 373 cm³/mol. The summed E-state index contributed by atoms with van der Waals surface area (Å²) in [7, 11) is 0. The third kappa shape index (κ3) is 9.00. The third-order valence-electron chi connectivity index (χ3n) is 19.2. The van der Waals surface area contributed by atoms with Crippen molar-refractivity contribution in [2.75, 3.05) is 0 Å². The average molecular weight is 1220 g/mol. The zero-order valence-electron chi connectivity index (χ0n) is 50.4. The van der Waals surface area contributed by atoms with Crippen molar-refractivity contribution in [3.8, 4) is 22.3 Å². The number of nitrogens with one attached hydrogen (secondary N) is 1. The lowest BCUT2D eigenvalue weighted by Crippen LogP contribution is -2.29. The fourth-order valence-electron chi connectivity index (χ4n) is 14.5. The SMILES string of the molecule is FC1(F)c2ccccc2-c2ccc(-c3ccc(C4=NC(=c5ccc(=c6ccc7c(c6)C(F)(F)c6cc(=c8ccc(=C9C=C(c%10ccc%11ccccc%11c%10)N=C(c%10ccccc%10)N9)c9ccccc89)ccc6=7)cc5)CC(c5ccc6ccccc6c5)=N4)c4ccccc34)cc21. The molecule has 0 saturated heterocycles. The van der Waals surface area contributed by atoms with Gasteiger partial charge in [0.15, 0.2) is 5.84 Å². The summed E-state index contributed by atoms with van der Waals surface area (Å²) < 4.78 is 66.9. The molecule has 0 spiro atoms. The zero-order valence-corrected chi connectivity index (χ0v) is 50.4. The van der Waals surface area contributed by atoms with Crippen LogP contribution >= 0.6 is 0 Å². The van der Waals surface area contributed by atoms with Crippen molar-refractivity contribution < 1.29 is 17.6 Å². The first kappa shape index (κ1) is 55.0. The first-order valence-corrected chi connectivity index (χ1v) is 31.5. The van der Waals surface area contributed by atoms with Crippen LogP contribution < -0.4 is 15.8 Å². The van der Waals surface area contributed by atoms with Gasteiger partial charge in [0.1, 0.15) is 5.84 Å². The topological polar surface area (TPSA) is 49.1 Å². The summed E-state index contributed by atoms with van der Waals surface area (Å²) in [6.45, 7) is 0. The molecular formula is C86H52F4N4. The van der Waals surface area contributed by atoms with Gasteiger partial charge in [0.2, 0.25) is 0 Å². The van der Waals surface area contributed by atoms with Crippen LogP contribution in [0.15, 0.2) is 312 Å². The third-order valence-corrected chi connectivity index (χ3v) is 19.2. The highest BCUT2D eigenvalue weighted by Crippen LogP contribution is 2.52. The molecule has 2 heterocycles. The highest BCUT2D eigenvalue weighted by atomic mass is 19.3. The van der Waals surface area contributed by atoms with Crippen molar-refractivity contribution in [3.05, 3.63) is 384 Å². The lowest BCUT2D eigenvalue weighted by molar-refractivity contribution is 0.0451. The summed E-state index contributed by atoms with van der Waals surface area (Å²) in [4.78, 5) is 15.8. The number of nitrogens with zero attached hydrogens (tertiary/aromatic N) is 3. The maximum Gasteiger partial charge on any atom is 0.299 e. The van der Waals surface area contributed by atoms with Gasteiger partial charge in [-0.1, -0.05) is 255 Å². The van der Waals surface area contributed by atoms with Crippen LogP contribution in [0.5, 0.6) is 0 Å². The molecule has 14 aromatic rings. The molecule has 94 heavy (non-hydrogen) atoms. The maximum absolute atomic E-state index is 17.4. The standard InChI is InChI=1S/C86H52F4N4/c87-85(88)75-25-13-12-24-69(75)70-38-35-59(47-77(70)85)64-41-43-74(68-23-11-9-21-66(64)68)84-92-79(49-80(93-84)61-32-28-51-14-4-6-18-56(51)44-61)54-30-26-53(27-31-54)58-34-37-71-72-39-36-60(48-78(72)86(89,90)76(71)46-58)63-40-42-73(67-22-10-8-20-65(63)67)82-50-81(91-83(94-82)55-16-2-1-3-17-55)62-33-29-52-15-5-7-19-57(52)45-62/h1-48,50H,49H2,(H,91,94). The Balaban J connectivity index is 0.725. The minimum atomic E-state index is -3.28. The molecule has 1 N–H and O–H groups in total. The minimum Gasteiger partial charge on any atom is -0.339 e. The summed E-state index contributed by atoms with van der Waals surface area (Å²) in [5.74, 6) is -5.15. The van der Waals surface area contributed by atoms with Gasteiger partial charge in [0.25, 0.3) is 11.8 Å². The van der Waals surface area contributed by atoms with E-state index in [0.29, 0.717) is 49.8 Å². The highest BCUT2D eigenvalue weighted by molar-refractivity contribution is 6.22. The largest absolute Gasteiger partial charge is 0.339 e. The number of halogens is 4. The Labute approximate surface area is 536 Å². The molecule has 0 fully saturated rings. The lowest BCUT2D eigenvalue weighted by atomic mass is 9.92. The fourth-order valence-corrected chi connectivity index (χ4v) is 14.5. The first-order valence-electron chi connectivity index (χ1n) is 31.5. The van der Waals surface area contributed by atoms with E-state index in [-0.39, 0.29) is 22.3 Å². The minimum absolute atomic E-state index is 0.0000518. The van der Waals surface area contributed by atoms with Crippen molar-refractivity contribution in [2.24, 2.45) is 15.0 Å². The number of fused-ring (bicyclic) bond motifs is 9. The van der Waals surface area contributed by atoms with E-state index in [1.165, 1.54) is 6.07 Å². The number of amidine groups is 2. The smallest absolute Gasteiger partial charge is 0.299 e. The van der Waals surface area contributed by atoms with Crippen LogP contribution in [0.3, 0.4) is 0 Å². The lowest BCUT2D eigenvalue weighted by Gasteiger charge is -2.19. The first-order chi connectivity index (χ1) is 46.1. The monoisotopic (exact) mass is 1220 g/mol. The molecule has 2 aliphatic heterocycles. The van der Waals surface area contributed by atoms with Gasteiger partial charge in [-0.3, -0.25) is 0 Å². The van der Waals surface area contributed by atoms with Gasteiger partial charge >= 0.3 is 0 Å². The number of hydrogen-bond donors (Lipinski definition) is 1. The number of alkyl halides is 4. The van der Waals surface area contributed by atoms with Crippen LogP contribution in [-0.2, 0) is 11.8 Å². The number of aliphatic imine (C=N–C) groups is 3. The van der Waals surface area contributed by atoms with Crippen LogP contribution in [0.2, 0.25) is 0 Å². The van der Waals surface area contributed by atoms with E-state index in [1.807, 2.05) is 170 Å². The summed E-state index contributed by atoms with van der Waals surface area (Å²) >= 11 is 0. The summed E-state index contributed by atoms with van der Waals surface area (Å²) in [6.07, 6.45) is 2.53. The average Bonchev–Trinajstić information content (AvgIpc) is 1.54. The molecule has 0 bridgehead atoms. The van der Waals surface area contributed by atoms with Crippen LogP contribution in [-0.4, -0.2) is 17.4 Å². The van der Waals surface area contributed by atoms with Crippen molar-refractivity contribution in [1.82, 2.24) is 5.32 Å². The van der Waals surface area contributed by atoms with Crippen LogP contribution in [0.4, 0.5) is 17.6 Å². The van der Waals surface area contributed by atoms with Gasteiger partial charge in [-0.25, -0.2) is 15.0 Å². The summed E-state index contributed by atoms with van der Waals surface area (Å²) in [6, 6.07) is 94.7. The molecule has 0 radical (unpaired) electrons. The molecule has 2 aliphatic carbocycles. The maximum atomic E-state index is 17.4. The van der Waals surface area contributed by atoms with E-state index in [0.717, 1.165) is 120 Å². The Kier molecular flexibility index (Phi) is 12.5. The Bertz CT molecular complexity index is 6230. The Hall–Kier alpha value is -11.9. The molecular weight excluding hydrogens is 1160 g/mol. The number of rotatable bonds is 5. The normalized spacial score (nSPS) is 16.0. The number of benzene rings is 14. The summed E-state index contributed by atoms with van der Waals surface area (Å²) in [5, 5.41) is 17.7. The van der Waals surface area contributed by atoms with Crippen LogP contribution in [0.1, 0.15) is 50.9 Å². The predicted octanol–water partition coefficient (Wildman–Crippen LogP) is 19.0. The Morgan fingerprint density at radius 2 is 0.830 bits per heavy atom. The van der Waals surface area contributed by atoms with Crippen molar-refractivity contribution in [1.29, 1.82) is 0 Å². The molecule has 0 saturated carbocycles. The van der Waals surface area contributed by atoms with E-state index in [9.17, 15) is 0 Å². The molecule has 0 unspecified atom stereocenters. The van der Waals surface area contributed by atoms with Crippen molar-refractivity contribution >= 4 is 77.6 Å². The summed E-state index contributed by atoms with van der Waals surface area (Å²) in [5.41, 5.74) is 9.63. The van der Waals surface area contributed by atoms with Crippen molar-refractivity contribution in [3.63, 3.8) is 0 Å². The molecule has 14 aromatic carbocycles. The number of hydrogen-bond acceptors (Lipinski definition) is 4.